The molecule has 2 nitrogen and oxygen atoms in total. The summed E-state index contributed by atoms with van der Waals surface area (Å²) in [5, 5.41) is 0. The smallest absolute Gasteiger partial charge is 0.153 e. The molecular weight excluding hydrogens is 282 g/mol. The van der Waals surface area contributed by atoms with Crippen LogP contribution < -0.4 is 0 Å². The molecule has 0 fully saturated rings. The Morgan fingerprint density at radius 2 is 1.95 bits per heavy atom. The van der Waals surface area contributed by atoms with Crippen LogP contribution in [0.4, 0.5) is 8.78 Å². The predicted octanol–water partition coefficient (Wildman–Crippen LogP) is 4.53. The Hall–Kier alpha value is -1.16. The largest absolute Gasteiger partial charge is 0.328 e. The van der Waals surface area contributed by atoms with E-state index in [0.29, 0.717) is 30.2 Å². The van der Waals surface area contributed by atoms with Crippen molar-refractivity contribution in [1.82, 2.24) is 9.55 Å². The first-order valence-electron chi connectivity index (χ1n) is 6.72. The van der Waals surface area contributed by atoms with E-state index in [-0.39, 0.29) is 10.9 Å². The van der Waals surface area contributed by atoms with Crippen LogP contribution in [0.15, 0.2) is 12.1 Å². The van der Waals surface area contributed by atoms with Crippen LogP contribution in [-0.4, -0.2) is 15.4 Å². The van der Waals surface area contributed by atoms with Crippen LogP contribution in [0.2, 0.25) is 0 Å². The summed E-state index contributed by atoms with van der Waals surface area (Å²) in [4.78, 5) is 4.28. The normalized spacial score (nSPS) is 12.3. The fraction of sp³-hybridized carbons (Fsp3) is 0.533. The van der Waals surface area contributed by atoms with Gasteiger partial charge in [-0.25, -0.2) is 13.8 Å². The third-order valence-electron chi connectivity index (χ3n) is 3.25. The van der Waals surface area contributed by atoms with Crippen LogP contribution in [-0.2, 0) is 13.0 Å². The Labute approximate surface area is 122 Å². The molecule has 0 N–H and O–H groups in total. The zero-order valence-electron chi connectivity index (χ0n) is 12.0. The molecule has 0 radical (unpaired) electrons. The highest BCUT2D eigenvalue weighted by atomic mass is 35.5. The summed E-state index contributed by atoms with van der Waals surface area (Å²) in [7, 11) is 0. The lowest BCUT2D eigenvalue weighted by Gasteiger charge is -2.19. The number of aromatic nitrogens is 2. The van der Waals surface area contributed by atoms with E-state index >= 15 is 0 Å². The van der Waals surface area contributed by atoms with Crippen molar-refractivity contribution >= 4 is 22.6 Å². The Balaban J connectivity index is 2.50. The van der Waals surface area contributed by atoms with E-state index in [0.717, 1.165) is 12.5 Å². The highest BCUT2D eigenvalue weighted by Crippen LogP contribution is 2.25. The van der Waals surface area contributed by atoms with Crippen molar-refractivity contribution in [2.75, 3.05) is 5.88 Å². The van der Waals surface area contributed by atoms with Gasteiger partial charge in [0.05, 0.1) is 5.52 Å². The molecule has 0 spiro atoms. The number of hydrogen-bond donors (Lipinski definition) is 0. The van der Waals surface area contributed by atoms with E-state index in [1.807, 2.05) is 4.57 Å². The molecule has 0 amide bonds. The quantitative estimate of drug-likeness (QED) is 0.758. The van der Waals surface area contributed by atoms with E-state index in [2.05, 4.69) is 25.8 Å². The van der Waals surface area contributed by atoms with Crippen molar-refractivity contribution in [3.63, 3.8) is 0 Å². The van der Waals surface area contributed by atoms with E-state index in [1.165, 1.54) is 6.07 Å². The summed E-state index contributed by atoms with van der Waals surface area (Å²) >= 11 is 5.78. The van der Waals surface area contributed by atoms with E-state index < -0.39 is 11.6 Å². The lowest BCUT2D eigenvalue weighted by Crippen LogP contribution is -2.12. The number of alkyl halides is 1. The van der Waals surface area contributed by atoms with Gasteiger partial charge in [-0.05, 0) is 17.9 Å². The fourth-order valence-electron chi connectivity index (χ4n) is 2.17. The van der Waals surface area contributed by atoms with Crippen molar-refractivity contribution in [3.8, 4) is 0 Å². The average Bonchev–Trinajstić information content (AvgIpc) is 2.64. The fourth-order valence-corrected chi connectivity index (χ4v) is 2.34. The van der Waals surface area contributed by atoms with Gasteiger partial charge in [0.1, 0.15) is 17.2 Å². The number of halogens is 3. The first-order chi connectivity index (χ1) is 9.31. The lowest BCUT2D eigenvalue weighted by atomic mass is 9.92. The SMILES string of the molecule is CC(C)(C)CCn1c(CCCl)nc2c(F)cc(F)cc21. The second-order valence-corrected chi connectivity index (χ2v) is 6.56. The summed E-state index contributed by atoms with van der Waals surface area (Å²) in [6.07, 6.45) is 1.44. The molecule has 0 saturated carbocycles. The second kappa shape index (κ2) is 5.68. The molecule has 1 aromatic carbocycles. The molecule has 0 unspecified atom stereocenters. The van der Waals surface area contributed by atoms with Crippen LogP contribution in [0, 0.1) is 17.0 Å². The summed E-state index contributed by atoms with van der Waals surface area (Å²) in [5.41, 5.74) is 0.869. The Morgan fingerprint density at radius 3 is 2.55 bits per heavy atom. The van der Waals surface area contributed by atoms with Gasteiger partial charge in [0.25, 0.3) is 0 Å². The molecule has 0 bridgehead atoms. The molecule has 2 rings (SSSR count). The van der Waals surface area contributed by atoms with Gasteiger partial charge >= 0.3 is 0 Å². The van der Waals surface area contributed by atoms with Crippen LogP contribution in [0.25, 0.3) is 11.0 Å². The molecule has 0 aliphatic heterocycles. The van der Waals surface area contributed by atoms with Gasteiger partial charge in [-0.2, -0.15) is 0 Å². The van der Waals surface area contributed by atoms with Crippen LogP contribution >= 0.6 is 11.6 Å². The van der Waals surface area contributed by atoms with Crippen molar-refractivity contribution in [2.45, 2.75) is 40.2 Å². The monoisotopic (exact) mass is 300 g/mol. The molecular formula is C15H19ClF2N2. The maximum Gasteiger partial charge on any atom is 0.153 e. The zero-order chi connectivity index (χ0) is 14.9. The minimum atomic E-state index is -0.620. The molecule has 20 heavy (non-hydrogen) atoms. The number of rotatable bonds is 4. The summed E-state index contributed by atoms with van der Waals surface area (Å²) < 4.78 is 29.1. The standard InChI is InChI=1S/C15H19ClF2N2/c1-15(2,3)5-7-20-12-9-10(17)8-11(18)14(12)19-13(20)4-6-16/h8-9H,4-7H2,1-3H3. The van der Waals surface area contributed by atoms with Gasteiger partial charge in [-0.1, -0.05) is 20.8 Å². The highest BCUT2D eigenvalue weighted by molar-refractivity contribution is 6.17. The average molecular weight is 301 g/mol. The molecule has 110 valence electrons. The van der Waals surface area contributed by atoms with E-state index in [4.69, 9.17) is 11.6 Å². The third kappa shape index (κ3) is 3.29. The number of hydrogen-bond acceptors (Lipinski definition) is 1. The first kappa shape index (κ1) is 15.2. The van der Waals surface area contributed by atoms with Crippen molar-refractivity contribution < 1.29 is 8.78 Å². The number of fused-ring (bicyclic) bond motifs is 1. The third-order valence-corrected chi connectivity index (χ3v) is 3.44. The molecule has 0 saturated heterocycles. The molecule has 1 heterocycles. The Morgan fingerprint density at radius 1 is 1.25 bits per heavy atom. The van der Waals surface area contributed by atoms with E-state index in [9.17, 15) is 8.78 Å². The highest BCUT2D eigenvalue weighted by Gasteiger charge is 2.17. The summed E-state index contributed by atoms with van der Waals surface area (Å²) in [6.45, 7) is 7.08. The van der Waals surface area contributed by atoms with Gasteiger partial charge in [-0.15, -0.1) is 11.6 Å². The maximum absolute atomic E-state index is 13.8. The molecule has 5 heteroatoms. The molecule has 2 aromatic rings. The minimum Gasteiger partial charge on any atom is -0.328 e. The lowest BCUT2D eigenvalue weighted by molar-refractivity contribution is 0.350. The van der Waals surface area contributed by atoms with Crippen molar-refractivity contribution in [3.05, 3.63) is 29.6 Å². The van der Waals surface area contributed by atoms with Crippen LogP contribution in [0.5, 0.6) is 0 Å². The molecule has 0 atom stereocenters. The summed E-state index contributed by atoms with van der Waals surface area (Å²) in [6, 6.07) is 2.21. The van der Waals surface area contributed by atoms with Gasteiger partial charge in [0, 0.05) is 24.9 Å². The van der Waals surface area contributed by atoms with Crippen LogP contribution in [0.3, 0.4) is 0 Å². The van der Waals surface area contributed by atoms with Crippen molar-refractivity contribution in [2.24, 2.45) is 5.41 Å². The number of imidazole rings is 1. The topological polar surface area (TPSA) is 17.8 Å². The van der Waals surface area contributed by atoms with Crippen molar-refractivity contribution in [1.29, 1.82) is 0 Å². The number of benzene rings is 1. The predicted molar refractivity (Wildman–Crippen MR) is 78.1 cm³/mol. The minimum absolute atomic E-state index is 0.140. The van der Waals surface area contributed by atoms with Gasteiger partial charge in [-0.3, -0.25) is 0 Å². The van der Waals surface area contributed by atoms with E-state index in [1.54, 1.807) is 0 Å². The second-order valence-electron chi connectivity index (χ2n) is 6.18. The van der Waals surface area contributed by atoms with Gasteiger partial charge in [0.2, 0.25) is 0 Å². The van der Waals surface area contributed by atoms with Crippen LogP contribution in [0.1, 0.15) is 33.0 Å². The van der Waals surface area contributed by atoms with Gasteiger partial charge in [0.15, 0.2) is 5.82 Å². The molecule has 1 aromatic heterocycles. The number of nitrogens with zero attached hydrogens (tertiary/aromatic N) is 2. The Kier molecular flexibility index (Phi) is 4.33. The maximum atomic E-state index is 13.8. The molecule has 0 aliphatic rings. The summed E-state index contributed by atoms with van der Waals surface area (Å²) in [5.74, 6) is -0.0819. The number of aryl methyl sites for hydroxylation is 2. The zero-order valence-corrected chi connectivity index (χ0v) is 12.8. The Bertz CT molecular complexity index is 614. The van der Waals surface area contributed by atoms with Gasteiger partial charge < -0.3 is 4.57 Å². The molecule has 0 aliphatic carbocycles. The first-order valence-corrected chi connectivity index (χ1v) is 7.25.